The quantitative estimate of drug-likeness (QED) is 0.622. The lowest BCUT2D eigenvalue weighted by atomic mass is 10.2. The molecule has 0 aromatic rings. The molecule has 1 rings (SSSR count). The van der Waals surface area contributed by atoms with Gasteiger partial charge in [-0.2, -0.15) is 0 Å². The molecule has 90 valence electrons. The van der Waals surface area contributed by atoms with Gasteiger partial charge in [0.1, 0.15) is 0 Å². The van der Waals surface area contributed by atoms with Gasteiger partial charge in [0.25, 0.3) is 0 Å². The van der Waals surface area contributed by atoms with Crippen LogP contribution in [0.1, 0.15) is 52.4 Å². The van der Waals surface area contributed by atoms with E-state index in [0.29, 0.717) is 0 Å². The van der Waals surface area contributed by atoms with Crippen molar-refractivity contribution in [2.24, 2.45) is 0 Å². The van der Waals surface area contributed by atoms with Crippen molar-refractivity contribution in [2.45, 2.75) is 58.4 Å². The highest BCUT2D eigenvalue weighted by Crippen LogP contribution is 2.10. The van der Waals surface area contributed by atoms with Crippen LogP contribution < -0.4 is 5.32 Å². The Morgan fingerprint density at radius 2 is 1.87 bits per heavy atom. The fourth-order valence-corrected chi connectivity index (χ4v) is 2.30. The first kappa shape index (κ1) is 13.0. The molecule has 1 saturated heterocycles. The van der Waals surface area contributed by atoms with Crippen molar-refractivity contribution in [3.05, 3.63) is 0 Å². The Kier molecular flexibility index (Phi) is 7.03. The molecule has 1 unspecified atom stereocenters. The van der Waals surface area contributed by atoms with Gasteiger partial charge in [-0.15, -0.1) is 0 Å². The van der Waals surface area contributed by atoms with Gasteiger partial charge in [0.15, 0.2) is 0 Å². The van der Waals surface area contributed by atoms with Crippen LogP contribution >= 0.6 is 0 Å². The van der Waals surface area contributed by atoms with Crippen molar-refractivity contribution in [3.8, 4) is 0 Å². The molecule has 1 fully saturated rings. The Bertz CT molecular complexity index is 141. The highest BCUT2D eigenvalue weighted by atomic mass is 15.2. The highest BCUT2D eigenvalue weighted by molar-refractivity contribution is 4.74. The highest BCUT2D eigenvalue weighted by Gasteiger charge is 2.16. The average Bonchev–Trinajstić information content (AvgIpc) is 2.76. The largest absolute Gasteiger partial charge is 0.315 e. The van der Waals surface area contributed by atoms with Gasteiger partial charge in [-0.25, -0.2) is 0 Å². The molecule has 2 nitrogen and oxygen atoms in total. The molecule has 0 spiro atoms. The molecular weight excluding hydrogens is 184 g/mol. The van der Waals surface area contributed by atoms with Crippen molar-refractivity contribution in [3.63, 3.8) is 0 Å². The summed E-state index contributed by atoms with van der Waals surface area (Å²) in [5.41, 5.74) is 0. The van der Waals surface area contributed by atoms with Crippen molar-refractivity contribution in [1.29, 1.82) is 0 Å². The maximum atomic E-state index is 3.58. The summed E-state index contributed by atoms with van der Waals surface area (Å²) in [7, 11) is 0. The van der Waals surface area contributed by atoms with Crippen LogP contribution in [-0.4, -0.2) is 37.1 Å². The molecule has 0 aliphatic carbocycles. The Morgan fingerprint density at radius 1 is 1.13 bits per heavy atom. The molecule has 15 heavy (non-hydrogen) atoms. The third-order valence-corrected chi connectivity index (χ3v) is 3.41. The third kappa shape index (κ3) is 5.53. The molecule has 1 heterocycles. The smallest absolute Gasteiger partial charge is 0.0192 e. The predicted octanol–water partition coefficient (Wildman–Crippen LogP) is 2.64. The molecule has 1 N–H and O–H groups in total. The van der Waals surface area contributed by atoms with Gasteiger partial charge in [0.05, 0.1) is 0 Å². The van der Waals surface area contributed by atoms with Crippen molar-refractivity contribution >= 4 is 0 Å². The molecule has 1 aliphatic rings. The molecule has 2 heteroatoms. The van der Waals surface area contributed by atoms with Crippen LogP contribution in [0, 0.1) is 0 Å². The molecule has 0 bridgehead atoms. The molecule has 0 aromatic heterocycles. The van der Waals surface area contributed by atoms with E-state index in [1.807, 2.05) is 0 Å². The van der Waals surface area contributed by atoms with Gasteiger partial charge >= 0.3 is 0 Å². The zero-order valence-corrected chi connectivity index (χ0v) is 10.6. The molecule has 0 radical (unpaired) electrons. The third-order valence-electron chi connectivity index (χ3n) is 3.41. The van der Waals surface area contributed by atoms with Crippen molar-refractivity contribution in [2.75, 3.05) is 26.2 Å². The number of hydrogen-bond acceptors (Lipinski definition) is 2. The summed E-state index contributed by atoms with van der Waals surface area (Å²) in [5.74, 6) is 0. The van der Waals surface area contributed by atoms with Gasteiger partial charge in [-0.05, 0) is 45.8 Å². The molecule has 0 saturated carbocycles. The number of rotatable bonds is 8. The molecule has 0 amide bonds. The Labute approximate surface area is 95.4 Å². The lowest BCUT2D eigenvalue weighted by Gasteiger charge is -2.23. The topological polar surface area (TPSA) is 15.3 Å². The SMILES string of the molecule is CCCCCCNCC(C)N1CCCC1. The van der Waals surface area contributed by atoms with Gasteiger partial charge in [0.2, 0.25) is 0 Å². The van der Waals surface area contributed by atoms with E-state index in [2.05, 4.69) is 24.1 Å². The van der Waals surface area contributed by atoms with Crippen LogP contribution in [-0.2, 0) is 0 Å². The second-order valence-electron chi connectivity index (χ2n) is 4.86. The molecular formula is C13H28N2. The van der Waals surface area contributed by atoms with E-state index >= 15 is 0 Å². The fraction of sp³-hybridized carbons (Fsp3) is 1.00. The Morgan fingerprint density at radius 3 is 2.53 bits per heavy atom. The summed E-state index contributed by atoms with van der Waals surface area (Å²) in [6, 6.07) is 0.735. The zero-order valence-electron chi connectivity index (χ0n) is 10.6. The number of nitrogens with one attached hydrogen (secondary N) is 1. The van der Waals surface area contributed by atoms with E-state index in [1.54, 1.807) is 0 Å². The number of hydrogen-bond donors (Lipinski definition) is 1. The van der Waals surface area contributed by atoms with Gasteiger partial charge in [-0.3, -0.25) is 4.90 Å². The van der Waals surface area contributed by atoms with E-state index in [0.717, 1.165) is 6.04 Å². The number of unbranched alkanes of at least 4 members (excludes halogenated alkanes) is 3. The zero-order chi connectivity index (χ0) is 10.9. The van der Waals surface area contributed by atoms with E-state index in [4.69, 9.17) is 0 Å². The maximum absolute atomic E-state index is 3.58. The molecule has 0 aromatic carbocycles. The standard InChI is InChI=1S/C13H28N2/c1-3-4-5-6-9-14-12-13(2)15-10-7-8-11-15/h13-14H,3-12H2,1-2H3. The second-order valence-corrected chi connectivity index (χ2v) is 4.86. The Hall–Kier alpha value is -0.0800. The maximum Gasteiger partial charge on any atom is 0.0192 e. The minimum absolute atomic E-state index is 0.735. The predicted molar refractivity (Wildman–Crippen MR) is 67.3 cm³/mol. The fourth-order valence-electron chi connectivity index (χ4n) is 2.30. The van der Waals surface area contributed by atoms with E-state index < -0.39 is 0 Å². The van der Waals surface area contributed by atoms with Crippen molar-refractivity contribution in [1.82, 2.24) is 10.2 Å². The number of nitrogens with zero attached hydrogens (tertiary/aromatic N) is 1. The first-order chi connectivity index (χ1) is 7.34. The lowest BCUT2D eigenvalue weighted by molar-refractivity contribution is 0.252. The summed E-state index contributed by atoms with van der Waals surface area (Å²) >= 11 is 0. The van der Waals surface area contributed by atoms with Crippen LogP contribution in [0.15, 0.2) is 0 Å². The average molecular weight is 212 g/mol. The summed E-state index contributed by atoms with van der Waals surface area (Å²) < 4.78 is 0. The van der Waals surface area contributed by atoms with E-state index in [9.17, 15) is 0 Å². The summed E-state index contributed by atoms with van der Waals surface area (Å²) in [6.07, 6.45) is 8.28. The van der Waals surface area contributed by atoms with Crippen LogP contribution in [0.25, 0.3) is 0 Å². The monoisotopic (exact) mass is 212 g/mol. The normalized spacial score (nSPS) is 19.6. The van der Waals surface area contributed by atoms with Gasteiger partial charge in [-0.1, -0.05) is 26.2 Å². The number of likely N-dealkylation sites (tertiary alicyclic amines) is 1. The summed E-state index contributed by atoms with van der Waals surface area (Å²) in [4.78, 5) is 2.61. The van der Waals surface area contributed by atoms with Crippen LogP contribution in [0.2, 0.25) is 0 Å². The van der Waals surface area contributed by atoms with Gasteiger partial charge in [0, 0.05) is 12.6 Å². The second kappa shape index (κ2) is 8.12. The van der Waals surface area contributed by atoms with Crippen LogP contribution in [0.4, 0.5) is 0 Å². The minimum Gasteiger partial charge on any atom is -0.315 e. The minimum atomic E-state index is 0.735. The molecule has 1 atom stereocenters. The summed E-state index contributed by atoms with van der Waals surface area (Å²) in [6.45, 7) is 9.63. The lowest BCUT2D eigenvalue weighted by Crippen LogP contribution is -2.38. The van der Waals surface area contributed by atoms with E-state index in [1.165, 1.54) is 64.7 Å². The van der Waals surface area contributed by atoms with Crippen LogP contribution in [0.3, 0.4) is 0 Å². The van der Waals surface area contributed by atoms with Crippen LogP contribution in [0.5, 0.6) is 0 Å². The molecule has 1 aliphatic heterocycles. The first-order valence-corrected chi connectivity index (χ1v) is 6.79. The van der Waals surface area contributed by atoms with E-state index in [-0.39, 0.29) is 0 Å². The van der Waals surface area contributed by atoms with Crippen molar-refractivity contribution < 1.29 is 0 Å². The van der Waals surface area contributed by atoms with Gasteiger partial charge < -0.3 is 5.32 Å². The Balaban J connectivity index is 1.90. The first-order valence-electron chi connectivity index (χ1n) is 6.79. The summed E-state index contributed by atoms with van der Waals surface area (Å²) in [5, 5.41) is 3.58.